The number of carbonyl (C=O) groups is 1. The standard InChI is InChI=1S/C11H16N2O5/c12-6-1-3-7(4-2-6)13-11(18)10(17)9(16)8(15)5-14/h1-4,8-10,14-17H,5,12H2,(H,13,18)/t8-,9-,10-/m1/s1. The van der Waals surface area contributed by atoms with Crippen molar-refractivity contribution in [2.24, 2.45) is 0 Å². The summed E-state index contributed by atoms with van der Waals surface area (Å²) < 4.78 is 0. The van der Waals surface area contributed by atoms with Gasteiger partial charge in [0.05, 0.1) is 6.61 Å². The minimum absolute atomic E-state index is 0.388. The molecular formula is C11H16N2O5. The Balaban J connectivity index is 2.62. The molecule has 0 heterocycles. The van der Waals surface area contributed by atoms with E-state index in [1.165, 1.54) is 12.1 Å². The zero-order valence-electron chi connectivity index (χ0n) is 9.52. The van der Waals surface area contributed by atoms with E-state index in [9.17, 15) is 15.0 Å². The molecule has 100 valence electrons. The van der Waals surface area contributed by atoms with Crippen LogP contribution < -0.4 is 11.1 Å². The third kappa shape index (κ3) is 3.67. The SMILES string of the molecule is Nc1ccc(NC(=O)[C@H](O)[C@H](O)[C@H](O)CO)cc1. The van der Waals surface area contributed by atoms with Crippen molar-refractivity contribution in [1.29, 1.82) is 0 Å². The van der Waals surface area contributed by atoms with Crippen LogP contribution in [0.25, 0.3) is 0 Å². The lowest BCUT2D eigenvalue weighted by Crippen LogP contribution is -2.46. The van der Waals surface area contributed by atoms with Gasteiger partial charge >= 0.3 is 0 Å². The third-order valence-electron chi connectivity index (χ3n) is 2.35. The molecule has 0 saturated carbocycles. The number of nitrogen functional groups attached to an aromatic ring is 1. The Bertz CT molecular complexity index is 395. The van der Waals surface area contributed by atoms with Crippen LogP contribution >= 0.6 is 0 Å². The van der Waals surface area contributed by atoms with Gasteiger partial charge in [-0.2, -0.15) is 0 Å². The van der Waals surface area contributed by atoms with Crippen LogP contribution in [0.5, 0.6) is 0 Å². The molecule has 0 unspecified atom stereocenters. The number of nitrogens with two attached hydrogens (primary N) is 1. The number of aliphatic hydroxyl groups is 4. The zero-order valence-corrected chi connectivity index (χ0v) is 9.52. The summed E-state index contributed by atoms with van der Waals surface area (Å²) in [5.74, 6) is -0.889. The first-order chi connectivity index (χ1) is 8.45. The van der Waals surface area contributed by atoms with Crippen LogP contribution in [-0.4, -0.2) is 51.3 Å². The Labute approximate surface area is 103 Å². The number of nitrogens with one attached hydrogen (secondary N) is 1. The molecule has 1 aromatic rings. The molecular weight excluding hydrogens is 240 g/mol. The van der Waals surface area contributed by atoms with Gasteiger partial charge in [-0.1, -0.05) is 0 Å². The third-order valence-corrected chi connectivity index (χ3v) is 2.35. The van der Waals surface area contributed by atoms with Crippen molar-refractivity contribution in [3.8, 4) is 0 Å². The van der Waals surface area contributed by atoms with E-state index in [0.29, 0.717) is 11.4 Å². The van der Waals surface area contributed by atoms with Crippen LogP contribution in [0.4, 0.5) is 11.4 Å². The monoisotopic (exact) mass is 256 g/mol. The first-order valence-corrected chi connectivity index (χ1v) is 5.27. The first-order valence-electron chi connectivity index (χ1n) is 5.27. The summed E-state index contributed by atoms with van der Waals surface area (Å²) in [7, 11) is 0. The largest absolute Gasteiger partial charge is 0.399 e. The van der Waals surface area contributed by atoms with Crippen molar-refractivity contribution < 1.29 is 25.2 Å². The maximum Gasteiger partial charge on any atom is 0.256 e. The minimum atomic E-state index is -1.84. The van der Waals surface area contributed by atoms with Gasteiger partial charge in [0.15, 0.2) is 6.10 Å². The van der Waals surface area contributed by atoms with Gasteiger partial charge in [-0.25, -0.2) is 0 Å². The summed E-state index contributed by atoms with van der Waals surface area (Å²) in [6.07, 6.45) is -5.19. The summed E-state index contributed by atoms with van der Waals surface area (Å²) in [5.41, 5.74) is 6.37. The number of amides is 1. The molecule has 1 amide bonds. The summed E-state index contributed by atoms with van der Waals surface area (Å²) in [6.45, 7) is -0.757. The fourth-order valence-electron chi connectivity index (χ4n) is 1.26. The quantitative estimate of drug-likeness (QED) is 0.347. The van der Waals surface area contributed by atoms with Crippen LogP contribution in [0.1, 0.15) is 0 Å². The van der Waals surface area contributed by atoms with Crippen molar-refractivity contribution in [3.05, 3.63) is 24.3 Å². The lowest BCUT2D eigenvalue weighted by Gasteiger charge is -2.20. The summed E-state index contributed by atoms with van der Waals surface area (Å²) in [6, 6.07) is 6.16. The lowest BCUT2D eigenvalue weighted by atomic mass is 10.1. The van der Waals surface area contributed by atoms with E-state index in [0.717, 1.165) is 0 Å². The molecule has 0 aliphatic rings. The van der Waals surface area contributed by atoms with Crippen LogP contribution in [-0.2, 0) is 4.79 Å². The number of rotatable bonds is 5. The van der Waals surface area contributed by atoms with Gasteiger partial charge in [0.2, 0.25) is 0 Å². The second-order valence-corrected chi connectivity index (χ2v) is 3.80. The molecule has 0 aliphatic carbocycles. The summed E-state index contributed by atoms with van der Waals surface area (Å²) in [5, 5.41) is 38.8. The molecule has 0 spiro atoms. The number of hydrogen-bond acceptors (Lipinski definition) is 6. The Kier molecular flexibility index (Phi) is 5.05. The Morgan fingerprint density at radius 1 is 1.22 bits per heavy atom. The van der Waals surface area contributed by atoms with Crippen molar-refractivity contribution >= 4 is 17.3 Å². The molecule has 0 fully saturated rings. The van der Waals surface area contributed by atoms with Crippen LogP contribution in [0.15, 0.2) is 24.3 Å². The van der Waals surface area contributed by atoms with E-state index >= 15 is 0 Å². The molecule has 7 nitrogen and oxygen atoms in total. The number of benzene rings is 1. The fourth-order valence-corrected chi connectivity index (χ4v) is 1.26. The molecule has 18 heavy (non-hydrogen) atoms. The zero-order chi connectivity index (χ0) is 13.7. The molecule has 7 N–H and O–H groups in total. The topological polar surface area (TPSA) is 136 Å². The predicted octanol–water partition coefficient (Wildman–Crippen LogP) is -1.72. The second kappa shape index (κ2) is 6.31. The minimum Gasteiger partial charge on any atom is -0.399 e. The number of anilines is 2. The van der Waals surface area contributed by atoms with Gasteiger partial charge in [-0.05, 0) is 24.3 Å². The highest BCUT2D eigenvalue weighted by Crippen LogP contribution is 2.11. The maximum absolute atomic E-state index is 11.5. The highest BCUT2D eigenvalue weighted by Gasteiger charge is 2.29. The lowest BCUT2D eigenvalue weighted by molar-refractivity contribution is -0.137. The van der Waals surface area contributed by atoms with E-state index in [-0.39, 0.29) is 0 Å². The van der Waals surface area contributed by atoms with Crippen molar-refractivity contribution in [3.63, 3.8) is 0 Å². The Morgan fingerprint density at radius 3 is 2.28 bits per heavy atom. The number of carbonyl (C=O) groups excluding carboxylic acids is 1. The van der Waals surface area contributed by atoms with E-state index in [2.05, 4.69) is 5.32 Å². The highest BCUT2D eigenvalue weighted by molar-refractivity contribution is 5.94. The van der Waals surface area contributed by atoms with Gasteiger partial charge in [0.1, 0.15) is 12.2 Å². The molecule has 0 aromatic heterocycles. The van der Waals surface area contributed by atoms with Crippen molar-refractivity contribution in [2.75, 3.05) is 17.7 Å². The van der Waals surface area contributed by atoms with Crippen LogP contribution in [0.2, 0.25) is 0 Å². The normalized spacial score (nSPS) is 15.8. The van der Waals surface area contributed by atoms with E-state index in [1.54, 1.807) is 12.1 Å². The summed E-state index contributed by atoms with van der Waals surface area (Å²) >= 11 is 0. The smallest absolute Gasteiger partial charge is 0.256 e. The molecule has 0 bridgehead atoms. The molecule has 0 aliphatic heterocycles. The molecule has 3 atom stereocenters. The van der Waals surface area contributed by atoms with Gasteiger partial charge in [0, 0.05) is 11.4 Å². The second-order valence-electron chi connectivity index (χ2n) is 3.80. The van der Waals surface area contributed by atoms with Crippen LogP contribution in [0.3, 0.4) is 0 Å². The van der Waals surface area contributed by atoms with Gasteiger partial charge in [-0.15, -0.1) is 0 Å². The average Bonchev–Trinajstić information content (AvgIpc) is 2.38. The first kappa shape index (κ1) is 14.4. The van der Waals surface area contributed by atoms with Gasteiger partial charge in [0.25, 0.3) is 5.91 Å². The predicted molar refractivity (Wildman–Crippen MR) is 64.6 cm³/mol. The van der Waals surface area contributed by atoms with E-state index in [4.69, 9.17) is 15.9 Å². The Morgan fingerprint density at radius 2 is 1.78 bits per heavy atom. The Hall–Kier alpha value is -1.67. The molecule has 7 heteroatoms. The highest BCUT2D eigenvalue weighted by atomic mass is 16.4. The van der Waals surface area contributed by atoms with Crippen molar-refractivity contribution in [2.45, 2.75) is 18.3 Å². The molecule has 0 saturated heterocycles. The van der Waals surface area contributed by atoms with E-state index < -0.39 is 30.8 Å². The summed E-state index contributed by atoms with van der Waals surface area (Å²) in [4.78, 5) is 11.5. The molecule has 0 radical (unpaired) electrons. The average molecular weight is 256 g/mol. The van der Waals surface area contributed by atoms with Gasteiger partial charge < -0.3 is 31.5 Å². The fraction of sp³-hybridized carbons (Fsp3) is 0.364. The van der Waals surface area contributed by atoms with Gasteiger partial charge in [-0.3, -0.25) is 4.79 Å². The van der Waals surface area contributed by atoms with Crippen molar-refractivity contribution in [1.82, 2.24) is 0 Å². The van der Waals surface area contributed by atoms with Crippen LogP contribution in [0, 0.1) is 0 Å². The molecule has 1 rings (SSSR count). The number of hydrogen-bond donors (Lipinski definition) is 6. The van der Waals surface area contributed by atoms with E-state index in [1.807, 2.05) is 0 Å². The maximum atomic E-state index is 11.5. The molecule has 1 aromatic carbocycles. The number of aliphatic hydroxyl groups excluding tert-OH is 4.